The molecule has 0 bridgehead atoms. The molecular weight excluding hydrogens is 350 g/mol. The maximum Gasteiger partial charge on any atom is 0.270 e. The maximum absolute atomic E-state index is 12.8. The number of anilines is 2. The van der Waals surface area contributed by atoms with Crippen molar-refractivity contribution in [2.24, 2.45) is 0 Å². The lowest BCUT2D eigenvalue weighted by Crippen LogP contribution is -2.20. The van der Waals surface area contributed by atoms with Gasteiger partial charge in [-0.25, -0.2) is 13.4 Å². The Bertz CT molecular complexity index is 914. The first-order valence-electron chi connectivity index (χ1n) is 7.01. The zero-order valence-electron chi connectivity index (χ0n) is 14.0. The molecule has 2 aromatic rings. The Kier molecular flexibility index (Phi) is 5.07. The molecule has 1 N–H and O–H groups in total. The predicted molar refractivity (Wildman–Crippen MR) is 91.6 cm³/mol. The molecule has 0 radical (unpaired) electrons. The Morgan fingerprint density at radius 3 is 2.52 bits per heavy atom. The van der Waals surface area contributed by atoms with Gasteiger partial charge in [-0.15, -0.1) is 0 Å². The van der Waals surface area contributed by atoms with E-state index in [1.165, 1.54) is 25.6 Å². The molecule has 0 amide bonds. The molecule has 2 rings (SSSR count). The second-order valence-corrected chi connectivity index (χ2v) is 6.94. The summed E-state index contributed by atoms with van der Waals surface area (Å²) in [4.78, 5) is 19.6. The van der Waals surface area contributed by atoms with Crippen molar-refractivity contribution in [3.8, 4) is 5.88 Å². The van der Waals surface area contributed by atoms with Crippen molar-refractivity contribution < 1.29 is 18.1 Å². The Hall–Kier alpha value is -2.95. The van der Waals surface area contributed by atoms with E-state index in [1.54, 1.807) is 25.9 Å². The van der Waals surface area contributed by atoms with E-state index in [2.05, 4.69) is 14.7 Å². The van der Waals surface area contributed by atoms with E-state index < -0.39 is 14.9 Å². The van der Waals surface area contributed by atoms with Gasteiger partial charge in [0.1, 0.15) is 6.33 Å². The van der Waals surface area contributed by atoms with E-state index in [4.69, 9.17) is 4.74 Å². The minimum absolute atomic E-state index is 0.0327. The summed E-state index contributed by atoms with van der Waals surface area (Å²) >= 11 is 0. The summed E-state index contributed by atoms with van der Waals surface area (Å²) in [6, 6.07) is 3.62. The average Bonchev–Trinajstić information content (AvgIpc) is 2.54. The van der Waals surface area contributed by atoms with Gasteiger partial charge in [0.25, 0.3) is 15.7 Å². The van der Waals surface area contributed by atoms with Crippen LogP contribution in [0.15, 0.2) is 29.4 Å². The van der Waals surface area contributed by atoms with Gasteiger partial charge in [0.2, 0.25) is 5.88 Å². The lowest BCUT2D eigenvalue weighted by atomic mass is 10.2. The Labute approximate surface area is 144 Å². The largest absolute Gasteiger partial charge is 0.479 e. The number of ether oxygens (including phenoxy) is 1. The van der Waals surface area contributed by atoms with Crippen LogP contribution in [0.2, 0.25) is 0 Å². The molecule has 0 spiro atoms. The second-order valence-electron chi connectivity index (χ2n) is 5.29. The first kappa shape index (κ1) is 18.4. The quantitative estimate of drug-likeness (QED) is 0.602. The summed E-state index contributed by atoms with van der Waals surface area (Å²) in [7, 11) is 0.573. The van der Waals surface area contributed by atoms with Crippen LogP contribution in [0.3, 0.4) is 0 Å². The second kappa shape index (κ2) is 6.89. The number of methoxy groups -OCH3 is 1. The van der Waals surface area contributed by atoms with E-state index in [9.17, 15) is 18.5 Å². The Morgan fingerprint density at radius 1 is 1.28 bits per heavy atom. The van der Waals surface area contributed by atoms with Crippen molar-refractivity contribution in [3.63, 3.8) is 0 Å². The summed E-state index contributed by atoms with van der Waals surface area (Å²) < 4.78 is 33.0. The van der Waals surface area contributed by atoms with E-state index in [-0.39, 0.29) is 22.2 Å². The number of hydrogen-bond acceptors (Lipinski definition) is 8. The standard InChI is InChI=1S/C14H17N5O5S/c1-9-5-6-10(19(20)21)7-11(9)25(22,23)17-12-13(18(2)3)15-8-16-14(12)24-4/h5-8,17H,1-4H3. The van der Waals surface area contributed by atoms with Crippen LogP contribution in [0.4, 0.5) is 17.2 Å². The summed E-state index contributed by atoms with van der Waals surface area (Å²) in [5.41, 5.74) is 0.0799. The fourth-order valence-electron chi connectivity index (χ4n) is 2.13. The summed E-state index contributed by atoms with van der Waals surface area (Å²) in [6.07, 6.45) is 1.24. The lowest BCUT2D eigenvalue weighted by molar-refractivity contribution is -0.385. The summed E-state index contributed by atoms with van der Waals surface area (Å²) in [6.45, 7) is 1.55. The number of sulfonamides is 1. The molecule has 0 aliphatic rings. The number of nitro groups is 1. The molecule has 11 heteroatoms. The molecule has 0 saturated carbocycles. The van der Waals surface area contributed by atoms with Crippen LogP contribution in [0, 0.1) is 17.0 Å². The van der Waals surface area contributed by atoms with Crippen molar-refractivity contribution in [1.82, 2.24) is 9.97 Å². The van der Waals surface area contributed by atoms with Gasteiger partial charge in [0.15, 0.2) is 11.5 Å². The van der Waals surface area contributed by atoms with Gasteiger partial charge in [-0.3, -0.25) is 14.8 Å². The third-order valence-electron chi connectivity index (χ3n) is 3.32. The third kappa shape index (κ3) is 3.76. The number of benzene rings is 1. The van der Waals surface area contributed by atoms with Crippen molar-refractivity contribution in [2.45, 2.75) is 11.8 Å². The van der Waals surface area contributed by atoms with E-state index in [0.717, 1.165) is 6.07 Å². The minimum atomic E-state index is -4.13. The highest BCUT2D eigenvalue weighted by Gasteiger charge is 2.25. The molecule has 0 unspecified atom stereocenters. The fraction of sp³-hybridized carbons (Fsp3) is 0.286. The zero-order valence-corrected chi connectivity index (χ0v) is 14.9. The van der Waals surface area contributed by atoms with Gasteiger partial charge in [-0.2, -0.15) is 4.98 Å². The highest BCUT2D eigenvalue weighted by molar-refractivity contribution is 7.92. The molecule has 1 aromatic heterocycles. The van der Waals surface area contributed by atoms with E-state index in [0.29, 0.717) is 11.4 Å². The molecule has 0 saturated heterocycles. The van der Waals surface area contributed by atoms with Gasteiger partial charge >= 0.3 is 0 Å². The van der Waals surface area contributed by atoms with E-state index >= 15 is 0 Å². The Balaban J connectivity index is 2.57. The van der Waals surface area contributed by atoms with Crippen molar-refractivity contribution >= 4 is 27.2 Å². The number of rotatable bonds is 6. The van der Waals surface area contributed by atoms with Crippen molar-refractivity contribution in [2.75, 3.05) is 30.8 Å². The fourth-order valence-corrected chi connectivity index (χ4v) is 3.45. The first-order valence-corrected chi connectivity index (χ1v) is 8.50. The number of aryl methyl sites for hydroxylation is 1. The Morgan fingerprint density at radius 2 is 1.96 bits per heavy atom. The summed E-state index contributed by atoms with van der Waals surface area (Å²) in [5.74, 6) is 0.323. The van der Waals surface area contributed by atoms with Crippen LogP contribution in [0.1, 0.15) is 5.56 Å². The number of hydrogen-bond donors (Lipinski definition) is 1. The molecule has 0 aliphatic heterocycles. The monoisotopic (exact) mass is 367 g/mol. The molecule has 1 aromatic carbocycles. The number of nitro benzene ring substituents is 1. The number of nitrogens with zero attached hydrogens (tertiary/aromatic N) is 4. The van der Waals surface area contributed by atoms with Crippen LogP contribution < -0.4 is 14.4 Å². The van der Waals surface area contributed by atoms with Crippen LogP contribution in [0.25, 0.3) is 0 Å². The molecule has 0 fully saturated rings. The van der Waals surface area contributed by atoms with Gasteiger partial charge in [-0.05, 0) is 12.5 Å². The first-order chi connectivity index (χ1) is 11.7. The highest BCUT2D eigenvalue weighted by Crippen LogP contribution is 2.33. The molecule has 25 heavy (non-hydrogen) atoms. The predicted octanol–water partition coefficient (Wildman–Crippen LogP) is 1.57. The minimum Gasteiger partial charge on any atom is -0.479 e. The lowest BCUT2D eigenvalue weighted by Gasteiger charge is -2.19. The molecule has 0 atom stereocenters. The van der Waals surface area contributed by atoms with Gasteiger partial charge in [0.05, 0.1) is 16.9 Å². The van der Waals surface area contributed by atoms with E-state index in [1.807, 2.05) is 0 Å². The van der Waals surface area contributed by atoms with Crippen molar-refractivity contribution in [3.05, 3.63) is 40.2 Å². The third-order valence-corrected chi connectivity index (χ3v) is 4.81. The van der Waals surface area contributed by atoms with Gasteiger partial charge in [0, 0.05) is 26.2 Å². The zero-order chi connectivity index (χ0) is 18.8. The van der Waals surface area contributed by atoms with Crippen LogP contribution in [-0.4, -0.2) is 44.5 Å². The van der Waals surface area contributed by atoms with Gasteiger partial charge < -0.3 is 9.64 Å². The molecule has 0 aliphatic carbocycles. The number of nitrogens with one attached hydrogen (secondary N) is 1. The van der Waals surface area contributed by atoms with Crippen LogP contribution in [0.5, 0.6) is 5.88 Å². The molecule has 134 valence electrons. The maximum atomic E-state index is 12.8. The number of aromatic nitrogens is 2. The number of non-ortho nitro benzene ring substituents is 1. The van der Waals surface area contributed by atoms with Crippen LogP contribution >= 0.6 is 0 Å². The molecule has 10 nitrogen and oxygen atoms in total. The topological polar surface area (TPSA) is 128 Å². The van der Waals surface area contributed by atoms with Crippen molar-refractivity contribution in [1.29, 1.82) is 0 Å². The normalized spacial score (nSPS) is 11.0. The molecular formula is C14H17N5O5S. The molecule has 1 heterocycles. The average molecular weight is 367 g/mol. The summed E-state index contributed by atoms with van der Waals surface area (Å²) in [5, 5.41) is 10.9. The van der Waals surface area contributed by atoms with Crippen LogP contribution in [-0.2, 0) is 10.0 Å². The smallest absolute Gasteiger partial charge is 0.270 e. The SMILES string of the molecule is COc1ncnc(N(C)C)c1NS(=O)(=O)c1cc([N+](=O)[O-])ccc1C. The highest BCUT2D eigenvalue weighted by atomic mass is 32.2. The van der Waals surface area contributed by atoms with Gasteiger partial charge in [-0.1, -0.05) is 6.07 Å².